The highest BCUT2D eigenvalue weighted by Crippen LogP contribution is 2.25. The summed E-state index contributed by atoms with van der Waals surface area (Å²) < 4.78 is 0. The van der Waals surface area contributed by atoms with Gasteiger partial charge in [-0.25, -0.2) is 4.98 Å². The van der Waals surface area contributed by atoms with Gasteiger partial charge in [-0.2, -0.15) is 4.98 Å². The molecule has 3 aromatic rings. The van der Waals surface area contributed by atoms with Crippen LogP contribution in [0.15, 0.2) is 54.9 Å². The van der Waals surface area contributed by atoms with Crippen molar-refractivity contribution in [3.8, 4) is 11.3 Å². The predicted octanol–water partition coefficient (Wildman–Crippen LogP) is 3.62. The van der Waals surface area contributed by atoms with E-state index in [4.69, 9.17) is 0 Å². The Morgan fingerprint density at radius 2 is 1.79 bits per heavy atom. The summed E-state index contributed by atoms with van der Waals surface area (Å²) >= 11 is 0. The van der Waals surface area contributed by atoms with Gasteiger partial charge in [-0.15, -0.1) is 0 Å². The van der Waals surface area contributed by atoms with Gasteiger partial charge in [0.15, 0.2) is 0 Å². The Balaban J connectivity index is 1.94. The van der Waals surface area contributed by atoms with Crippen LogP contribution in [0.25, 0.3) is 11.3 Å². The number of hydrogen-bond donors (Lipinski definition) is 3. The molecule has 0 aliphatic rings. The molecule has 0 saturated carbocycles. The predicted molar refractivity (Wildman–Crippen MR) is 111 cm³/mol. The number of aliphatic hydroxyl groups excluding tert-OH is 1. The van der Waals surface area contributed by atoms with Crippen LogP contribution in [0, 0.1) is 16.0 Å². The molecular weight excluding hydrogens is 372 g/mol. The number of hydrogen-bond acceptors (Lipinski definition) is 8. The second-order valence-electron chi connectivity index (χ2n) is 6.80. The summed E-state index contributed by atoms with van der Waals surface area (Å²) in [5.41, 5.74) is 2.21. The number of non-ortho nitro benzene ring substituents is 1. The van der Waals surface area contributed by atoms with Crippen LogP contribution in [-0.4, -0.2) is 37.6 Å². The van der Waals surface area contributed by atoms with E-state index < -0.39 is 4.92 Å². The number of aliphatic hydroxyl groups is 1. The Morgan fingerprint density at radius 1 is 1.10 bits per heavy atom. The Morgan fingerprint density at radius 3 is 2.38 bits per heavy atom. The van der Waals surface area contributed by atoms with Crippen LogP contribution in [0.2, 0.25) is 0 Å². The van der Waals surface area contributed by atoms with Crippen molar-refractivity contribution in [2.45, 2.75) is 19.9 Å². The van der Waals surface area contributed by atoms with Crippen molar-refractivity contribution in [2.24, 2.45) is 5.92 Å². The van der Waals surface area contributed by atoms with Crippen molar-refractivity contribution in [3.05, 3.63) is 65.0 Å². The summed E-state index contributed by atoms with van der Waals surface area (Å²) in [6, 6.07) is 11.3. The number of pyridine rings is 1. The molecule has 150 valence electrons. The summed E-state index contributed by atoms with van der Waals surface area (Å²) in [6.45, 7) is 3.94. The van der Waals surface area contributed by atoms with Gasteiger partial charge in [0.2, 0.25) is 5.95 Å². The third-order valence-corrected chi connectivity index (χ3v) is 4.37. The fourth-order valence-electron chi connectivity index (χ4n) is 2.65. The molecule has 9 nitrogen and oxygen atoms in total. The maximum Gasteiger partial charge on any atom is 0.269 e. The lowest BCUT2D eigenvalue weighted by molar-refractivity contribution is -0.384. The summed E-state index contributed by atoms with van der Waals surface area (Å²) in [7, 11) is 0. The lowest BCUT2D eigenvalue weighted by Gasteiger charge is -2.20. The molecular formula is C20H22N6O3. The van der Waals surface area contributed by atoms with Gasteiger partial charge in [-0.05, 0) is 30.2 Å². The van der Waals surface area contributed by atoms with Crippen molar-refractivity contribution in [2.75, 3.05) is 17.2 Å². The Hall–Kier alpha value is -3.59. The first-order chi connectivity index (χ1) is 14.0. The molecule has 0 unspecified atom stereocenters. The molecule has 0 amide bonds. The standard InChI is InChI=1S/C20H22N6O3/c1-13(2)18(12-27)24-20-23-17(14-7-9-21-10-8-14)11-19(25-20)22-15-3-5-16(6-4-15)26(28)29/h3-11,13,18,27H,12H2,1-2H3,(H2,22,23,24,25)/t18-/m0/s1. The molecule has 0 bridgehead atoms. The normalized spacial score (nSPS) is 11.9. The van der Waals surface area contributed by atoms with Crippen LogP contribution in [0.5, 0.6) is 0 Å². The number of rotatable bonds is 8. The topological polar surface area (TPSA) is 126 Å². The first-order valence-corrected chi connectivity index (χ1v) is 9.14. The first kappa shape index (κ1) is 20.2. The van der Waals surface area contributed by atoms with Crippen molar-refractivity contribution in [1.29, 1.82) is 0 Å². The van der Waals surface area contributed by atoms with Crippen LogP contribution >= 0.6 is 0 Å². The molecule has 0 fully saturated rings. The van der Waals surface area contributed by atoms with Crippen molar-refractivity contribution in [3.63, 3.8) is 0 Å². The van der Waals surface area contributed by atoms with Gasteiger partial charge in [-0.1, -0.05) is 13.8 Å². The third-order valence-electron chi connectivity index (χ3n) is 4.37. The summed E-state index contributed by atoms with van der Waals surface area (Å²) in [4.78, 5) is 23.5. The van der Waals surface area contributed by atoms with Crippen LogP contribution in [0.1, 0.15) is 13.8 Å². The zero-order valence-corrected chi connectivity index (χ0v) is 16.1. The fourth-order valence-corrected chi connectivity index (χ4v) is 2.65. The van der Waals surface area contributed by atoms with E-state index in [0.717, 1.165) is 5.56 Å². The molecule has 1 atom stereocenters. The van der Waals surface area contributed by atoms with E-state index in [1.165, 1.54) is 12.1 Å². The minimum atomic E-state index is -0.445. The maximum absolute atomic E-state index is 10.8. The second-order valence-corrected chi connectivity index (χ2v) is 6.80. The van der Waals surface area contributed by atoms with E-state index in [0.29, 0.717) is 23.1 Å². The largest absolute Gasteiger partial charge is 0.394 e. The highest BCUT2D eigenvalue weighted by Gasteiger charge is 2.15. The van der Waals surface area contributed by atoms with E-state index >= 15 is 0 Å². The van der Waals surface area contributed by atoms with Gasteiger partial charge in [-0.3, -0.25) is 15.1 Å². The first-order valence-electron chi connectivity index (χ1n) is 9.14. The molecule has 2 heterocycles. The summed E-state index contributed by atoms with van der Waals surface area (Å²) in [5, 5.41) is 26.8. The maximum atomic E-state index is 10.8. The monoisotopic (exact) mass is 394 g/mol. The highest BCUT2D eigenvalue weighted by atomic mass is 16.6. The SMILES string of the molecule is CC(C)[C@H](CO)Nc1nc(Nc2ccc([N+](=O)[O-])cc2)cc(-c2ccncc2)n1. The summed E-state index contributed by atoms with van der Waals surface area (Å²) in [5.74, 6) is 1.07. The zero-order chi connectivity index (χ0) is 20.8. The van der Waals surface area contributed by atoms with Gasteiger partial charge in [0.1, 0.15) is 5.82 Å². The molecule has 0 aliphatic heterocycles. The van der Waals surface area contributed by atoms with Gasteiger partial charge < -0.3 is 15.7 Å². The number of benzene rings is 1. The molecule has 0 spiro atoms. The van der Waals surface area contributed by atoms with Gasteiger partial charge in [0.05, 0.1) is 23.3 Å². The van der Waals surface area contributed by atoms with Crippen LogP contribution in [-0.2, 0) is 0 Å². The lowest BCUT2D eigenvalue weighted by Crippen LogP contribution is -2.30. The minimum Gasteiger partial charge on any atom is -0.394 e. The van der Waals surface area contributed by atoms with E-state index in [2.05, 4.69) is 25.6 Å². The minimum absolute atomic E-state index is 0.0146. The molecule has 2 aromatic heterocycles. The van der Waals surface area contributed by atoms with Crippen LogP contribution < -0.4 is 10.6 Å². The van der Waals surface area contributed by atoms with Crippen molar-refractivity contribution >= 4 is 23.1 Å². The van der Waals surface area contributed by atoms with Crippen molar-refractivity contribution < 1.29 is 10.0 Å². The smallest absolute Gasteiger partial charge is 0.269 e. The second kappa shape index (κ2) is 9.07. The molecule has 9 heteroatoms. The summed E-state index contributed by atoms with van der Waals surface area (Å²) in [6.07, 6.45) is 3.36. The molecule has 3 rings (SSSR count). The number of nitro benzene ring substituents is 1. The fraction of sp³-hybridized carbons (Fsp3) is 0.250. The van der Waals surface area contributed by atoms with E-state index in [9.17, 15) is 15.2 Å². The Labute approximate surface area is 168 Å². The van der Waals surface area contributed by atoms with E-state index in [1.54, 1.807) is 30.6 Å². The number of nitrogens with zero attached hydrogens (tertiary/aromatic N) is 4. The number of aromatic nitrogens is 3. The Bertz CT molecular complexity index is 964. The quantitative estimate of drug-likeness (QED) is 0.391. The number of anilines is 3. The van der Waals surface area contributed by atoms with Gasteiger partial charge in [0, 0.05) is 41.8 Å². The average molecular weight is 394 g/mol. The Kier molecular flexibility index (Phi) is 6.30. The van der Waals surface area contributed by atoms with E-state index in [1.807, 2.05) is 26.0 Å². The average Bonchev–Trinajstić information content (AvgIpc) is 2.72. The molecule has 0 saturated heterocycles. The number of nitro groups is 1. The molecule has 3 N–H and O–H groups in total. The molecule has 0 radical (unpaired) electrons. The molecule has 0 aliphatic carbocycles. The third kappa shape index (κ3) is 5.23. The highest BCUT2D eigenvalue weighted by molar-refractivity contribution is 5.67. The van der Waals surface area contributed by atoms with Gasteiger partial charge >= 0.3 is 0 Å². The van der Waals surface area contributed by atoms with Crippen LogP contribution in [0.3, 0.4) is 0 Å². The number of nitrogens with one attached hydrogen (secondary N) is 2. The zero-order valence-electron chi connectivity index (χ0n) is 16.1. The van der Waals surface area contributed by atoms with Crippen molar-refractivity contribution in [1.82, 2.24) is 15.0 Å². The van der Waals surface area contributed by atoms with Crippen LogP contribution in [0.4, 0.5) is 23.1 Å². The molecule has 29 heavy (non-hydrogen) atoms. The lowest BCUT2D eigenvalue weighted by atomic mass is 10.1. The van der Waals surface area contributed by atoms with E-state index in [-0.39, 0.29) is 24.3 Å². The molecule has 1 aromatic carbocycles. The van der Waals surface area contributed by atoms with Gasteiger partial charge in [0.25, 0.3) is 5.69 Å².